The molecule has 8 heteroatoms. The number of fused-ring (bicyclic) bond motifs is 1. The van der Waals surface area contributed by atoms with Crippen molar-refractivity contribution in [2.24, 2.45) is 5.73 Å². The Labute approximate surface area is 262 Å². The van der Waals surface area contributed by atoms with Crippen molar-refractivity contribution in [3.05, 3.63) is 70.9 Å². The first-order chi connectivity index (χ1) is 21.2. The lowest BCUT2D eigenvalue weighted by Gasteiger charge is -2.47. The SMILES string of the molecule is CCc1ccc(CN(C(C)=O)C(=O)C(N2CCC(N3CCCCC3)CC2)C(N)(C(C)=O)c2c[nH]c3ccccc23)cc1CC. The Bertz CT molecular complexity index is 1480. The summed E-state index contributed by atoms with van der Waals surface area (Å²) in [4.78, 5) is 51.1. The third-order valence-electron chi connectivity index (χ3n) is 10.1. The molecule has 0 aliphatic carbocycles. The second-order valence-corrected chi connectivity index (χ2v) is 12.7. The first kappa shape index (κ1) is 32.1. The van der Waals surface area contributed by atoms with E-state index in [-0.39, 0.29) is 18.2 Å². The number of H-pyrrole nitrogens is 1. The van der Waals surface area contributed by atoms with E-state index in [1.807, 2.05) is 30.3 Å². The third-order valence-corrected chi connectivity index (χ3v) is 10.1. The summed E-state index contributed by atoms with van der Waals surface area (Å²) in [7, 11) is 0. The van der Waals surface area contributed by atoms with E-state index in [9.17, 15) is 14.4 Å². The predicted molar refractivity (Wildman–Crippen MR) is 175 cm³/mol. The van der Waals surface area contributed by atoms with Gasteiger partial charge in [0.25, 0.3) is 0 Å². The van der Waals surface area contributed by atoms with Gasteiger partial charge in [0.2, 0.25) is 11.8 Å². The van der Waals surface area contributed by atoms with Crippen LogP contribution in [0.5, 0.6) is 0 Å². The molecule has 2 amide bonds. The Kier molecular flexibility index (Phi) is 10.0. The van der Waals surface area contributed by atoms with Crippen LogP contribution in [0.4, 0.5) is 0 Å². The molecule has 5 rings (SSSR count). The van der Waals surface area contributed by atoms with Crippen LogP contribution in [-0.2, 0) is 39.3 Å². The molecule has 3 heterocycles. The summed E-state index contributed by atoms with van der Waals surface area (Å²) in [6, 6.07) is 13.3. The molecular formula is C36H49N5O3. The van der Waals surface area contributed by atoms with Crippen molar-refractivity contribution < 1.29 is 14.4 Å². The second kappa shape index (κ2) is 13.8. The molecule has 3 aromatic rings. The number of ketones is 1. The molecule has 2 aromatic carbocycles. The maximum Gasteiger partial charge on any atom is 0.249 e. The van der Waals surface area contributed by atoms with Crippen LogP contribution >= 0.6 is 0 Å². The number of nitrogens with two attached hydrogens (primary N) is 1. The number of hydrogen-bond acceptors (Lipinski definition) is 6. The Morgan fingerprint density at radius 3 is 2.27 bits per heavy atom. The Morgan fingerprint density at radius 1 is 0.955 bits per heavy atom. The highest BCUT2D eigenvalue weighted by Crippen LogP contribution is 2.36. The maximum atomic E-state index is 14.8. The fourth-order valence-electron chi connectivity index (χ4n) is 7.50. The van der Waals surface area contributed by atoms with Gasteiger partial charge in [0.15, 0.2) is 5.78 Å². The van der Waals surface area contributed by atoms with Crippen LogP contribution in [-0.4, -0.2) is 75.5 Å². The molecule has 2 unspecified atom stereocenters. The number of likely N-dealkylation sites (tertiary alicyclic amines) is 2. The van der Waals surface area contributed by atoms with E-state index >= 15 is 0 Å². The van der Waals surface area contributed by atoms with Crippen molar-refractivity contribution in [2.45, 2.75) is 96.8 Å². The summed E-state index contributed by atoms with van der Waals surface area (Å²) >= 11 is 0. The fourth-order valence-corrected chi connectivity index (χ4v) is 7.50. The normalized spacial score (nSPS) is 19.0. The number of Topliss-reactive ketones (excluding diaryl/α,β-unsaturated/α-hetero) is 1. The minimum absolute atomic E-state index is 0.133. The number of piperidine rings is 2. The van der Waals surface area contributed by atoms with Gasteiger partial charge in [0.1, 0.15) is 11.6 Å². The van der Waals surface area contributed by atoms with Crippen LogP contribution < -0.4 is 5.73 Å². The van der Waals surface area contributed by atoms with Crippen LogP contribution in [0.25, 0.3) is 10.9 Å². The predicted octanol–water partition coefficient (Wildman–Crippen LogP) is 4.93. The topological polar surface area (TPSA) is 103 Å². The van der Waals surface area contributed by atoms with E-state index < -0.39 is 17.5 Å². The van der Waals surface area contributed by atoms with E-state index in [0.717, 1.165) is 55.2 Å². The summed E-state index contributed by atoms with van der Waals surface area (Å²) in [5.74, 6) is -1.08. The Morgan fingerprint density at radius 2 is 1.64 bits per heavy atom. The summed E-state index contributed by atoms with van der Waals surface area (Å²) < 4.78 is 0. The number of aromatic amines is 1. The van der Waals surface area contributed by atoms with Crippen LogP contribution in [0.2, 0.25) is 0 Å². The van der Waals surface area contributed by atoms with Gasteiger partial charge in [-0.05, 0) is 81.3 Å². The van der Waals surface area contributed by atoms with Crippen molar-refractivity contribution in [1.82, 2.24) is 19.7 Å². The zero-order valence-corrected chi connectivity index (χ0v) is 26.9. The molecule has 8 nitrogen and oxygen atoms in total. The molecule has 3 N–H and O–H groups in total. The summed E-state index contributed by atoms with van der Waals surface area (Å²) in [5.41, 5.74) is 10.4. The molecule has 0 radical (unpaired) electrons. The lowest BCUT2D eigenvalue weighted by atomic mass is 9.77. The smallest absolute Gasteiger partial charge is 0.249 e. The van der Waals surface area contributed by atoms with Crippen LogP contribution in [0.1, 0.15) is 82.1 Å². The maximum absolute atomic E-state index is 14.8. The zero-order chi connectivity index (χ0) is 31.4. The van der Waals surface area contributed by atoms with E-state index in [2.05, 4.69) is 40.8 Å². The van der Waals surface area contributed by atoms with E-state index in [1.165, 1.54) is 49.1 Å². The van der Waals surface area contributed by atoms with E-state index in [1.54, 1.807) is 6.20 Å². The summed E-state index contributed by atoms with van der Waals surface area (Å²) in [6.45, 7) is 10.8. The standard InChI is InChI=1S/C36H49N5O3/c1-5-28-15-14-27(22-29(28)6-2)24-41(26(4)43)35(44)34(40-20-16-30(17-21-40)39-18-10-7-11-19-39)36(37,25(3)42)32-23-38-33-13-9-8-12-31(32)33/h8-9,12-15,22-23,30,34,38H,5-7,10-11,16-21,24,37H2,1-4H3. The first-order valence-corrected chi connectivity index (χ1v) is 16.5. The van der Waals surface area contributed by atoms with Crippen molar-refractivity contribution >= 4 is 28.5 Å². The molecule has 44 heavy (non-hydrogen) atoms. The number of para-hydroxylation sites is 1. The Hall–Kier alpha value is -3.33. The number of amides is 2. The van der Waals surface area contributed by atoms with Gasteiger partial charge >= 0.3 is 0 Å². The molecule has 2 saturated heterocycles. The number of imide groups is 1. The van der Waals surface area contributed by atoms with Gasteiger partial charge in [-0.3, -0.25) is 24.2 Å². The molecular weight excluding hydrogens is 550 g/mol. The van der Waals surface area contributed by atoms with Crippen molar-refractivity contribution in [2.75, 3.05) is 26.2 Å². The zero-order valence-electron chi connectivity index (χ0n) is 26.9. The number of nitrogens with one attached hydrogen (secondary N) is 1. The van der Waals surface area contributed by atoms with Crippen molar-refractivity contribution in [3.8, 4) is 0 Å². The van der Waals surface area contributed by atoms with E-state index in [0.29, 0.717) is 24.7 Å². The van der Waals surface area contributed by atoms with E-state index in [4.69, 9.17) is 5.73 Å². The molecule has 2 aliphatic heterocycles. The number of aromatic nitrogens is 1. The van der Waals surface area contributed by atoms with Gasteiger partial charge in [0.05, 0.1) is 6.54 Å². The average molecular weight is 600 g/mol. The fraction of sp³-hybridized carbons (Fsp3) is 0.528. The Balaban J connectivity index is 1.54. The van der Waals surface area contributed by atoms with Crippen molar-refractivity contribution in [3.63, 3.8) is 0 Å². The molecule has 2 atom stereocenters. The molecule has 0 bridgehead atoms. The summed E-state index contributed by atoms with van der Waals surface area (Å²) in [6.07, 6.45) is 9.09. The number of aryl methyl sites for hydroxylation is 2. The lowest BCUT2D eigenvalue weighted by Crippen LogP contribution is -2.67. The largest absolute Gasteiger partial charge is 0.361 e. The highest BCUT2D eigenvalue weighted by molar-refractivity contribution is 6.04. The van der Waals surface area contributed by atoms with Gasteiger partial charge in [-0.1, -0.05) is 56.7 Å². The monoisotopic (exact) mass is 599 g/mol. The molecule has 0 spiro atoms. The lowest BCUT2D eigenvalue weighted by molar-refractivity contribution is -0.153. The number of carbonyl (C=O) groups excluding carboxylic acids is 3. The minimum Gasteiger partial charge on any atom is -0.361 e. The molecule has 2 aliphatic rings. The number of nitrogens with zero attached hydrogens (tertiary/aromatic N) is 3. The van der Waals surface area contributed by atoms with Gasteiger partial charge in [-0.2, -0.15) is 0 Å². The van der Waals surface area contributed by atoms with Crippen molar-refractivity contribution in [1.29, 1.82) is 0 Å². The number of carbonyl (C=O) groups is 3. The van der Waals surface area contributed by atoms with Gasteiger partial charge in [-0.25, -0.2) is 0 Å². The molecule has 236 valence electrons. The highest BCUT2D eigenvalue weighted by atomic mass is 16.2. The van der Waals surface area contributed by atoms with Crippen LogP contribution in [0.15, 0.2) is 48.7 Å². The second-order valence-electron chi connectivity index (χ2n) is 12.7. The van der Waals surface area contributed by atoms with Gasteiger partial charge in [0, 0.05) is 48.7 Å². The first-order valence-electron chi connectivity index (χ1n) is 16.5. The van der Waals surface area contributed by atoms with Crippen LogP contribution in [0, 0.1) is 0 Å². The van der Waals surface area contributed by atoms with Gasteiger partial charge < -0.3 is 15.6 Å². The van der Waals surface area contributed by atoms with Crippen LogP contribution in [0.3, 0.4) is 0 Å². The molecule has 0 saturated carbocycles. The van der Waals surface area contributed by atoms with Gasteiger partial charge in [-0.15, -0.1) is 0 Å². The third kappa shape index (κ3) is 6.25. The number of hydrogen-bond donors (Lipinski definition) is 2. The average Bonchev–Trinajstić information content (AvgIpc) is 3.48. The number of rotatable bonds is 10. The number of benzene rings is 2. The summed E-state index contributed by atoms with van der Waals surface area (Å²) in [5, 5.41) is 0.809. The highest BCUT2D eigenvalue weighted by Gasteiger charge is 2.52. The molecule has 2 fully saturated rings. The quantitative estimate of drug-likeness (QED) is 0.343. The molecule has 1 aromatic heterocycles. The minimum atomic E-state index is -1.66.